The van der Waals surface area contributed by atoms with Gasteiger partial charge in [-0.05, 0) is 36.8 Å². The maximum absolute atomic E-state index is 12.7. The number of urea groups is 1. The number of imide groups is 1. The summed E-state index contributed by atoms with van der Waals surface area (Å²) in [6.07, 6.45) is 0. The van der Waals surface area contributed by atoms with Crippen molar-refractivity contribution in [3.8, 4) is 6.07 Å². The number of carbonyl (C=O) groups excluding carboxylic acids is 2. The molecule has 0 unspecified atom stereocenters. The first-order valence-corrected chi connectivity index (χ1v) is 7.30. The Labute approximate surface area is 134 Å². The molecule has 1 atom stereocenters. The van der Waals surface area contributed by atoms with Gasteiger partial charge in [0, 0.05) is 5.69 Å². The molecule has 114 valence electrons. The minimum absolute atomic E-state index is 0.168. The van der Waals surface area contributed by atoms with Gasteiger partial charge in [-0.3, -0.25) is 14.6 Å². The van der Waals surface area contributed by atoms with Crippen LogP contribution in [0.2, 0.25) is 0 Å². The predicted octanol–water partition coefficient (Wildman–Crippen LogP) is 2.92. The lowest BCUT2D eigenvalue weighted by Crippen LogP contribution is -2.33. The van der Waals surface area contributed by atoms with Crippen molar-refractivity contribution < 1.29 is 9.59 Å². The number of amides is 3. The Bertz CT molecular complexity index is 795. The summed E-state index contributed by atoms with van der Waals surface area (Å²) in [7, 11) is 0. The van der Waals surface area contributed by atoms with E-state index in [-0.39, 0.29) is 18.5 Å². The average molecular weight is 305 g/mol. The highest BCUT2D eigenvalue weighted by molar-refractivity contribution is 6.13. The molecular weight excluding hydrogens is 290 g/mol. The number of rotatable bonds is 3. The van der Waals surface area contributed by atoms with E-state index in [1.165, 1.54) is 9.80 Å². The molecule has 1 aliphatic rings. The van der Waals surface area contributed by atoms with Crippen LogP contribution in [0, 0.1) is 11.3 Å². The van der Waals surface area contributed by atoms with Crippen molar-refractivity contribution in [1.82, 2.24) is 4.90 Å². The Morgan fingerprint density at radius 1 is 1.09 bits per heavy atom. The van der Waals surface area contributed by atoms with Crippen LogP contribution < -0.4 is 4.90 Å². The third-order valence-corrected chi connectivity index (χ3v) is 3.88. The van der Waals surface area contributed by atoms with Crippen molar-refractivity contribution in [3.63, 3.8) is 0 Å². The Balaban J connectivity index is 1.88. The summed E-state index contributed by atoms with van der Waals surface area (Å²) in [5.41, 5.74) is 1.97. The molecule has 1 fully saturated rings. The van der Waals surface area contributed by atoms with Crippen LogP contribution in [0.4, 0.5) is 10.5 Å². The highest BCUT2D eigenvalue weighted by atomic mass is 16.2. The van der Waals surface area contributed by atoms with E-state index in [2.05, 4.69) is 6.07 Å². The molecule has 3 rings (SSSR count). The zero-order chi connectivity index (χ0) is 16.4. The van der Waals surface area contributed by atoms with Gasteiger partial charge in [0.05, 0.1) is 18.2 Å². The third-order valence-electron chi connectivity index (χ3n) is 3.88. The van der Waals surface area contributed by atoms with Gasteiger partial charge in [0.2, 0.25) is 0 Å². The van der Waals surface area contributed by atoms with Gasteiger partial charge >= 0.3 is 6.03 Å². The molecule has 0 radical (unpaired) electrons. The molecule has 1 saturated heterocycles. The largest absolute Gasteiger partial charge is 0.332 e. The lowest BCUT2D eigenvalue weighted by atomic mass is 10.1. The number of anilines is 1. The van der Waals surface area contributed by atoms with Crippen LogP contribution in [-0.4, -0.2) is 22.9 Å². The van der Waals surface area contributed by atoms with E-state index >= 15 is 0 Å². The SMILES string of the molecule is C[C@@H]1C(=O)N(Cc2cccc(C#N)c2)C(=O)N1c1ccccc1. The molecule has 2 aromatic carbocycles. The van der Waals surface area contributed by atoms with E-state index in [9.17, 15) is 9.59 Å². The van der Waals surface area contributed by atoms with Crippen LogP contribution in [-0.2, 0) is 11.3 Å². The number of para-hydroxylation sites is 1. The highest BCUT2D eigenvalue weighted by Gasteiger charge is 2.43. The molecule has 5 nitrogen and oxygen atoms in total. The summed E-state index contributed by atoms with van der Waals surface area (Å²) >= 11 is 0. The summed E-state index contributed by atoms with van der Waals surface area (Å²) in [5.74, 6) is -0.235. The van der Waals surface area contributed by atoms with Gasteiger partial charge in [-0.1, -0.05) is 30.3 Å². The quantitative estimate of drug-likeness (QED) is 0.819. The first-order valence-electron chi connectivity index (χ1n) is 7.30. The predicted molar refractivity (Wildman–Crippen MR) is 85.5 cm³/mol. The zero-order valence-electron chi connectivity index (χ0n) is 12.6. The van der Waals surface area contributed by atoms with Gasteiger partial charge in [-0.15, -0.1) is 0 Å². The van der Waals surface area contributed by atoms with E-state index in [4.69, 9.17) is 5.26 Å². The van der Waals surface area contributed by atoms with Crippen LogP contribution >= 0.6 is 0 Å². The molecule has 3 amide bonds. The van der Waals surface area contributed by atoms with E-state index < -0.39 is 6.04 Å². The van der Waals surface area contributed by atoms with Crippen molar-refractivity contribution in [2.45, 2.75) is 19.5 Å². The molecule has 0 aliphatic carbocycles. The molecule has 0 bridgehead atoms. The van der Waals surface area contributed by atoms with Gasteiger partial charge in [0.1, 0.15) is 6.04 Å². The van der Waals surface area contributed by atoms with E-state index in [0.29, 0.717) is 11.3 Å². The number of nitrogens with zero attached hydrogens (tertiary/aromatic N) is 3. The summed E-state index contributed by atoms with van der Waals surface area (Å²) in [6.45, 7) is 1.89. The van der Waals surface area contributed by atoms with E-state index in [1.54, 1.807) is 31.2 Å². The lowest BCUT2D eigenvalue weighted by Gasteiger charge is -2.19. The Kier molecular flexibility index (Phi) is 3.82. The maximum Gasteiger partial charge on any atom is 0.332 e. The van der Waals surface area contributed by atoms with Crippen molar-refractivity contribution in [2.75, 3.05) is 4.90 Å². The standard InChI is InChI=1S/C18H15N3O2/c1-13-17(22)20(12-15-7-5-6-14(10-15)11-19)18(23)21(13)16-8-3-2-4-9-16/h2-10,13H,12H2,1H3/t13-/m1/s1. The summed E-state index contributed by atoms with van der Waals surface area (Å²) in [4.78, 5) is 27.8. The molecule has 23 heavy (non-hydrogen) atoms. The first kappa shape index (κ1) is 14.8. The van der Waals surface area contributed by atoms with Gasteiger partial charge in [0.25, 0.3) is 5.91 Å². The van der Waals surface area contributed by atoms with Crippen LogP contribution in [0.15, 0.2) is 54.6 Å². The van der Waals surface area contributed by atoms with E-state index in [1.807, 2.05) is 30.3 Å². The normalized spacial score (nSPS) is 17.5. The fourth-order valence-corrected chi connectivity index (χ4v) is 2.72. The van der Waals surface area contributed by atoms with Crippen molar-refractivity contribution in [1.29, 1.82) is 5.26 Å². The zero-order valence-corrected chi connectivity index (χ0v) is 12.6. The van der Waals surface area contributed by atoms with Crippen LogP contribution in [0.3, 0.4) is 0 Å². The molecule has 5 heteroatoms. The Hall–Kier alpha value is -3.13. The number of carbonyl (C=O) groups is 2. The Morgan fingerprint density at radius 2 is 1.83 bits per heavy atom. The molecular formula is C18H15N3O2. The number of nitriles is 1. The number of hydrogen-bond acceptors (Lipinski definition) is 3. The van der Waals surface area contributed by atoms with Crippen molar-refractivity contribution in [2.24, 2.45) is 0 Å². The van der Waals surface area contributed by atoms with Gasteiger partial charge in [-0.25, -0.2) is 4.79 Å². The van der Waals surface area contributed by atoms with Crippen LogP contribution in [0.25, 0.3) is 0 Å². The monoisotopic (exact) mass is 305 g/mol. The average Bonchev–Trinajstić information content (AvgIpc) is 2.79. The van der Waals surface area contributed by atoms with Gasteiger partial charge in [0.15, 0.2) is 0 Å². The summed E-state index contributed by atoms with van der Waals surface area (Å²) in [6, 6.07) is 17.3. The second-order valence-corrected chi connectivity index (χ2v) is 5.40. The molecule has 0 spiro atoms. The molecule has 1 heterocycles. The van der Waals surface area contributed by atoms with Crippen LogP contribution in [0.5, 0.6) is 0 Å². The second kappa shape index (κ2) is 5.93. The smallest absolute Gasteiger partial charge is 0.282 e. The third kappa shape index (κ3) is 2.67. The lowest BCUT2D eigenvalue weighted by molar-refractivity contribution is -0.127. The summed E-state index contributed by atoms with van der Waals surface area (Å²) < 4.78 is 0. The van der Waals surface area contributed by atoms with E-state index in [0.717, 1.165) is 5.56 Å². The molecule has 0 aromatic heterocycles. The minimum atomic E-state index is -0.538. The Morgan fingerprint density at radius 3 is 2.52 bits per heavy atom. The first-order chi connectivity index (χ1) is 11.1. The van der Waals surface area contributed by atoms with Gasteiger partial charge in [-0.2, -0.15) is 5.26 Å². The molecule has 2 aromatic rings. The fourth-order valence-electron chi connectivity index (χ4n) is 2.72. The number of hydrogen-bond donors (Lipinski definition) is 0. The fraction of sp³-hybridized carbons (Fsp3) is 0.167. The molecule has 0 N–H and O–H groups in total. The maximum atomic E-state index is 12.7. The van der Waals surface area contributed by atoms with Crippen LogP contribution in [0.1, 0.15) is 18.1 Å². The van der Waals surface area contributed by atoms with Crippen molar-refractivity contribution in [3.05, 3.63) is 65.7 Å². The minimum Gasteiger partial charge on any atom is -0.282 e. The van der Waals surface area contributed by atoms with Crippen molar-refractivity contribution >= 4 is 17.6 Å². The number of benzene rings is 2. The molecule has 1 aliphatic heterocycles. The molecule has 0 saturated carbocycles. The topological polar surface area (TPSA) is 64.4 Å². The summed E-state index contributed by atoms with van der Waals surface area (Å²) in [5, 5.41) is 8.95. The highest BCUT2D eigenvalue weighted by Crippen LogP contribution is 2.26. The van der Waals surface area contributed by atoms with Gasteiger partial charge < -0.3 is 0 Å². The second-order valence-electron chi connectivity index (χ2n) is 5.40.